The van der Waals surface area contributed by atoms with Crippen molar-refractivity contribution in [3.8, 4) is 0 Å². The molecule has 17 heavy (non-hydrogen) atoms. The molecule has 1 aliphatic carbocycles. The molecular formula is C13H20N2O2. The lowest BCUT2D eigenvalue weighted by molar-refractivity contribution is 0.136. The summed E-state index contributed by atoms with van der Waals surface area (Å²) in [5.74, 6) is 0.443. The fourth-order valence-electron chi connectivity index (χ4n) is 3.08. The molecule has 0 aromatic heterocycles. The lowest BCUT2D eigenvalue weighted by Crippen LogP contribution is -2.32. The fraction of sp³-hybridized carbons (Fsp3) is 0.846. The Hall–Kier alpha value is -1.24. The number of rotatable bonds is 6. The molecule has 4 heteroatoms. The van der Waals surface area contributed by atoms with Gasteiger partial charge in [0.2, 0.25) is 12.2 Å². The minimum Gasteiger partial charge on any atom is -0.211 e. The summed E-state index contributed by atoms with van der Waals surface area (Å²) in [7, 11) is 0. The van der Waals surface area contributed by atoms with Crippen molar-refractivity contribution >= 4 is 12.2 Å². The van der Waals surface area contributed by atoms with Crippen LogP contribution in [0.4, 0.5) is 0 Å². The highest BCUT2D eigenvalue weighted by molar-refractivity contribution is 5.33. The molecule has 0 aromatic rings. The molecule has 94 valence electrons. The highest BCUT2D eigenvalue weighted by Crippen LogP contribution is 2.43. The average Bonchev–Trinajstić information content (AvgIpc) is 2.35. The normalized spacial score (nSPS) is 27.9. The summed E-state index contributed by atoms with van der Waals surface area (Å²) in [6.45, 7) is 3.30. The van der Waals surface area contributed by atoms with Gasteiger partial charge in [-0.2, -0.15) is 0 Å². The van der Waals surface area contributed by atoms with Gasteiger partial charge in [0, 0.05) is 0 Å². The van der Waals surface area contributed by atoms with Gasteiger partial charge < -0.3 is 0 Å². The van der Waals surface area contributed by atoms with Crippen molar-refractivity contribution in [3.05, 3.63) is 0 Å². The molecule has 0 spiro atoms. The Bertz CT molecular complexity index is 326. The van der Waals surface area contributed by atoms with Crippen molar-refractivity contribution < 1.29 is 9.59 Å². The molecule has 4 nitrogen and oxygen atoms in total. The topological polar surface area (TPSA) is 58.9 Å². The van der Waals surface area contributed by atoms with Gasteiger partial charge in [-0.25, -0.2) is 19.6 Å². The molecule has 2 atom stereocenters. The van der Waals surface area contributed by atoms with Crippen molar-refractivity contribution in [2.24, 2.45) is 21.3 Å². The van der Waals surface area contributed by atoms with Gasteiger partial charge >= 0.3 is 0 Å². The second-order valence-electron chi connectivity index (χ2n) is 5.05. The van der Waals surface area contributed by atoms with E-state index in [4.69, 9.17) is 0 Å². The van der Waals surface area contributed by atoms with Crippen molar-refractivity contribution in [1.82, 2.24) is 0 Å². The SMILES string of the molecule is CCCC1(CN=C=O)CCCC(CN=C=O)C1. The highest BCUT2D eigenvalue weighted by atomic mass is 16.1. The van der Waals surface area contributed by atoms with Gasteiger partial charge in [-0.1, -0.05) is 19.8 Å². The predicted molar refractivity (Wildman–Crippen MR) is 65.3 cm³/mol. The minimum absolute atomic E-state index is 0.132. The van der Waals surface area contributed by atoms with Gasteiger partial charge in [0.05, 0.1) is 13.1 Å². The van der Waals surface area contributed by atoms with Crippen LogP contribution in [0, 0.1) is 11.3 Å². The molecule has 1 aliphatic rings. The van der Waals surface area contributed by atoms with E-state index in [1.165, 1.54) is 0 Å². The van der Waals surface area contributed by atoms with E-state index in [9.17, 15) is 9.59 Å². The Morgan fingerprint density at radius 3 is 2.71 bits per heavy atom. The van der Waals surface area contributed by atoms with E-state index in [1.54, 1.807) is 12.2 Å². The first-order valence-electron chi connectivity index (χ1n) is 6.33. The Morgan fingerprint density at radius 2 is 2.06 bits per heavy atom. The summed E-state index contributed by atoms with van der Waals surface area (Å²) in [5, 5.41) is 0. The molecule has 0 aromatic carbocycles. The third-order valence-electron chi connectivity index (χ3n) is 3.71. The van der Waals surface area contributed by atoms with Crippen molar-refractivity contribution in [2.45, 2.75) is 45.4 Å². The Morgan fingerprint density at radius 1 is 1.29 bits per heavy atom. The zero-order valence-corrected chi connectivity index (χ0v) is 10.4. The number of carbonyl (C=O) groups excluding carboxylic acids is 2. The van der Waals surface area contributed by atoms with Gasteiger partial charge in [0.1, 0.15) is 0 Å². The third kappa shape index (κ3) is 4.26. The van der Waals surface area contributed by atoms with E-state index in [1.807, 2.05) is 0 Å². The van der Waals surface area contributed by atoms with Crippen LogP contribution in [0.1, 0.15) is 45.4 Å². The zero-order valence-electron chi connectivity index (χ0n) is 10.4. The highest BCUT2D eigenvalue weighted by Gasteiger charge is 2.35. The van der Waals surface area contributed by atoms with Gasteiger partial charge in [0.15, 0.2) is 0 Å². The first-order chi connectivity index (χ1) is 8.26. The maximum atomic E-state index is 10.3. The van der Waals surface area contributed by atoms with E-state index in [-0.39, 0.29) is 5.41 Å². The van der Waals surface area contributed by atoms with E-state index in [0.29, 0.717) is 19.0 Å². The minimum atomic E-state index is 0.132. The zero-order chi connectivity index (χ0) is 12.6. The summed E-state index contributed by atoms with van der Waals surface area (Å²) in [5.41, 5.74) is 0.132. The largest absolute Gasteiger partial charge is 0.234 e. The summed E-state index contributed by atoms with van der Waals surface area (Å²) < 4.78 is 0. The molecule has 0 amide bonds. The number of hydrogen-bond acceptors (Lipinski definition) is 4. The molecular weight excluding hydrogens is 216 g/mol. The van der Waals surface area contributed by atoms with E-state index in [2.05, 4.69) is 16.9 Å². The lowest BCUT2D eigenvalue weighted by Gasteiger charge is -2.39. The second kappa shape index (κ2) is 7.16. The van der Waals surface area contributed by atoms with Gasteiger partial charge in [-0.05, 0) is 37.0 Å². The molecule has 0 saturated heterocycles. The molecule has 1 fully saturated rings. The second-order valence-corrected chi connectivity index (χ2v) is 5.05. The average molecular weight is 236 g/mol. The third-order valence-corrected chi connectivity index (χ3v) is 3.71. The molecule has 0 aliphatic heterocycles. The number of hydrogen-bond donors (Lipinski definition) is 0. The molecule has 2 unspecified atom stereocenters. The Balaban J connectivity index is 2.67. The van der Waals surface area contributed by atoms with Crippen LogP contribution >= 0.6 is 0 Å². The standard InChI is InChI=1S/C13H20N2O2/c1-2-5-13(9-15-11-17)6-3-4-12(7-13)8-14-10-16/h12H,2-9H2,1H3. The van der Waals surface area contributed by atoms with E-state index < -0.39 is 0 Å². The summed E-state index contributed by atoms with van der Waals surface area (Å²) in [6, 6.07) is 0. The molecule has 0 radical (unpaired) electrons. The van der Waals surface area contributed by atoms with Gasteiger partial charge in [-0.3, -0.25) is 0 Å². The van der Waals surface area contributed by atoms with Crippen LogP contribution in [0.2, 0.25) is 0 Å². The maximum absolute atomic E-state index is 10.3. The van der Waals surface area contributed by atoms with Crippen LogP contribution in [0.15, 0.2) is 9.98 Å². The molecule has 1 rings (SSSR count). The molecule has 1 saturated carbocycles. The number of isocyanates is 2. The molecule has 0 heterocycles. The first-order valence-corrected chi connectivity index (χ1v) is 6.33. The van der Waals surface area contributed by atoms with Crippen molar-refractivity contribution in [1.29, 1.82) is 0 Å². The fourth-order valence-corrected chi connectivity index (χ4v) is 3.08. The summed E-state index contributed by atoms with van der Waals surface area (Å²) in [6.07, 6.45) is 9.80. The van der Waals surface area contributed by atoms with Crippen LogP contribution < -0.4 is 0 Å². The Kier molecular flexibility index (Phi) is 5.82. The maximum Gasteiger partial charge on any atom is 0.234 e. The van der Waals surface area contributed by atoms with Gasteiger partial charge in [-0.15, -0.1) is 0 Å². The monoisotopic (exact) mass is 236 g/mol. The van der Waals surface area contributed by atoms with Crippen LogP contribution in [-0.2, 0) is 9.59 Å². The Labute approximate surface area is 102 Å². The summed E-state index contributed by atoms with van der Waals surface area (Å²) in [4.78, 5) is 27.9. The quantitative estimate of drug-likeness (QED) is 0.525. The van der Waals surface area contributed by atoms with Crippen LogP contribution in [0.5, 0.6) is 0 Å². The van der Waals surface area contributed by atoms with Crippen LogP contribution in [0.3, 0.4) is 0 Å². The van der Waals surface area contributed by atoms with E-state index >= 15 is 0 Å². The predicted octanol–water partition coefficient (Wildman–Crippen LogP) is 2.63. The smallest absolute Gasteiger partial charge is 0.211 e. The molecule has 0 bridgehead atoms. The number of nitrogens with zero attached hydrogens (tertiary/aromatic N) is 2. The van der Waals surface area contributed by atoms with Crippen LogP contribution in [-0.4, -0.2) is 25.2 Å². The molecule has 0 N–H and O–H groups in total. The van der Waals surface area contributed by atoms with Crippen LogP contribution in [0.25, 0.3) is 0 Å². The lowest BCUT2D eigenvalue weighted by atomic mass is 9.67. The first kappa shape index (κ1) is 13.8. The van der Waals surface area contributed by atoms with Gasteiger partial charge in [0.25, 0.3) is 0 Å². The number of aliphatic imine (C=N–C) groups is 2. The van der Waals surface area contributed by atoms with Crippen molar-refractivity contribution in [2.75, 3.05) is 13.1 Å². The summed E-state index contributed by atoms with van der Waals surface area (Å²) >= 11 is 0. The van der Waals surface area contributed by atoms with E-state index in [0.717, 1.165) is 38.5 Å². The van der Waals surface area contributed by atoms with Crippen molar-refractivity contribution in [3.63, 3.8) is 0 Å².